The quantitative estimate of drug-likeness (QED) is 0.118. The van der Waals surface area contributed by atoms with Gasteiger partial charge in [0.25, 0.3) is 0 Å². The van der Waals surface area contributed by atoms with Gasteiger partial charge >= 0.3 is 18.1 Å². The Bertz CT molecular complexity index is 1750. The van der Waals surface area contributed by atoms with Crippen LogP contribution >= 0.6 is 0 Å². The number of methoxy groups -OCH3 is 1. The summed E-state index contributed by atoms with van der Waals surface area (Å²) in [6, 6.07) is 8.23. The molecule has 370 valence electrons. The lowest BCUT2D eigenvalue weighted by Crippen LogP contribution is -2.64. The van der Waals surface area contributed by atoms with Crippen molar-refractivity contribution in [3.05, 3.63) is 41.1 Å². The Labute approximate surface area is 383 Å². The van der Waals surface area contributed by atoms with Crippen LogP contribution in [0.2, 0.25) is 0 Å². The number of ketones is 1. The molecule has 3 heterocycles. The van der Waals surface area contributed by atoms with Gasteiger partial charge < -0.3 is 67.8 Å². The van der Waals surface area contributed by atoms with E-state index in [-0.39, 0.29) is 32.3 Å². The fraction of sp³-hybridized carbons (Fsp3) is 0.787. The minimum absolute atomic E-state index is 0.0300. The average molecular weight is 926 g/mol. The predicted molar refractivity (Wildman–Crippen MR) is 233 cm³/mol. The molecule has 18 nitrogen and oxygen atoms in total. The summed E-state index contributed by atoms with van der Waals surface area (Å²) in [5.41, 5.74) is -4.63. The van der Waals surface area contributed by atoms with Crippen molar-refractivity contribution >= 4 is 23.9 Å². The van der Waals surface area contributed by atoms with Crippen molar-refractivity contribution in [2.75, 3.05) is 21.2 Å². The Balaban J connectivity index is 1.80. The van der Waals surface area contributed by atoms with Gasteiger partial charge in [0.05, 0.1) is 56.1 Å². The second-order valence-electron chi connectivity index (χ2n) is 19.6. The molecule has 0 spiro atoms. The van der Waals surface area contributed by atoms with E-state index in [1.54, 1.807) is 53.7 Å². The zero-order valence-corrected chi connectivity index (χ0v) is 40.6. The van der Waals surface area contributed by atoms with Crippen LogP contribution in [0.1, 0.15) is 107 Å². The molecule has 3 fully saturated rings. The number of nitrogens with zero attached hydrogens (tertiary/aromatic N) is 1. The molecule has 3 saturated heterocycles. The topological polar surface area (TPSA) is 235 Å². The van der Waals surface area contributed by atoms with E-state index in [0.717, 1.165) is 5.56 Å². The zero-order chi connectivity index (χ0) is 49.0. The number of esters is 2. The van der Waals surface area contributed by atoms with Crippen molar-refractivity contribution in [2.24, 2.45) is 23.7 Å². The first-order valence-electron chi connectivity index (χ1n) is 22.7. The molecule has 3 aliphatic heterocycles. The van der Waals surface area contributed by atoms with Gasteiger partial charge in [-0.15, -0.1) is 0 Å². The van der Waals surface area contributed by atoms with Crippen LogP contribution in [0.4, 0.5) is 4.79 Å². The van der Waals surface area contributed by atoms with E-state index < -0.39 is 136 Å². The number of cyclic esters (lactones) is 1. The van der Waals surface area contributed by atoms with Crippen molar-refractivity contribution in [3.63, 3.8) is 0 Å². The third kappa shape index (κ3) is 13.0. The molecule has 1 aromatic carbocycles. The van der Waals surface area contributed by atoms with Crippen LogP contribution in [0.5, 0.6) is 0 Å². The first-order chi connectivity index (χ1) is 30.1. The van der Waals surface area contributed by atoms with Crippen molar-refractivity contribution in [1.82, 2.24) is 0 Å². The Hall–Kier alpha value is -3.30. The lowest BCUT2D eigenvalue weighted by atomic mass is 9.74. The van der Waals surface area contributed by atoms with Crippen molar-refractivity contribution in [2.45, 2.75) is 193 Å². The van der Waals surface area contributed by atoms with Gasteiger partial charge in [0.15, 0.2) is 23.8 Å². The fourth-order valence-electron chi connectivity index (χ4n) is 9.88. The van der Waals surface area contributed by atoms with Crippen molar-refractivity contribution in [1.29, 1.82) is 0 Å². The maximum absolute atomic E-state index is 14.4. The number of hydrogen-bond donors (Lipinski definition) is 3. The van der Waals surface area contributed by atoms with Crippen LogP contribution in [0.3, 0.4) is 0 Å². The third-order valence-electron chi connectivity index (χ3n) is 13.6. The van der Waals surface area contributed by atoms with Crippen molar-refractivity contribution in [3.8, 4) is 0 Å². The van der Waals surface area contributed by atoms with Gasteiger partial charge in [0, 0.05) is 38.7 Å². The molecule has 0 aromatic heterocycles. The summed E-state index contributed by atoms with van der Waals surface area (Å²) < 4.78 is 54.2. The maximum atomic E-state index is 14.4. The number of aliphatic hydroxyl groups excluding tert-OH is 1. The number of Topliss-reactive ketones (excluding diaryl/α,β-unsaturated/α-hetero) is 1. The minimum Gasteiger partial charge on any atom is -0.633 e. The molecule has 18 atom stereocenters. The second-order valence-corrected chi connectivity index (χ2v) is 19.6. The molecule has 0 saturated carbocycles. The number of hydrogen-bond acceptors (Lipinski definition) is 17. The molecule has 0 aliphatic carbocycles. The van der Waals surface area contributed by atoms with E-state index in [4.69, 9.17) is 42.6 Å². The highest BCUT2D eigenvalue weighted by molar-refractivity contribution is 5.90. The van der Waals surface area contributed by atoms with E-state index in [2.05, 4.69) is 0 Å². The normalized spacial score (nSPS) is 41.4. The number of ether oxygens (including phenoxy) is 9. The summed E-state index contributed by atoms with van der Waals surface area (Å²) in [6.07, 6.45) is -12.5. The standard InChI is InChI=1S/C47H75NO17/c1-15-34-47(11,55)39(51)27(4)36(50)25(2)22-45(9,54)40(64-43-38(61-31(8)49)33(48(12,13)56)21-26(3)59-43)28(5)37(29(6)42(52)62-34)63-35-23-46(10,57-14)41(30(7)60-35)65-44(53)58-24-32-19-17-16-18-20-32/h16-20,25-30,33-38,40-41,43,50,54-55H,15,21-24H2,1-14H3/t25-,26-,27+,28+,29-,30+,33+,34-,35+,36+,37+,38-,40-,41+,43+,45-,46-,47-/m1/s1. The van der Waals surface area contributed by atoms with Crippen LogP contribution in [-0.2, 0) is 63.6 Å². The molecule has 65 heavy (non-hydrogen) atoms. The smallest absolute Gasteiger partial charge is 0.509 e. The van der Waals surface area contributed by atoms with Gasteiger partial charge in [0.1, 0.15) is 24.4 Å². The summed E-state index contributed by atoms with van der Waals surface area (Å²) in [5.74, 6) is -6.53. The van der Waals surface area contributed by atoms with E-state index in [1.807, 2.05) is 18.2 Å². The fourth-order valence-corrected chi connectivity index (χ4v) is 9.88. The largest absolute Gasteiger partial charge is 0.633 e. The van der Waals surface area contributed by atoms with Gasteiger partial charge in [-0.05, 0) is 65.9 Å². The van der Waals surface area contributed by atoms with Gasteiger partial charge in [-0.3, -0.25) is 14.4 Å². The highest BCUT2D eigenvalue weighted by Crippen LogP contribution is 2.42. The molecule has 0 bridgehead atoms. The third-order valence-corrected chi connectivity index (χ3v) is 13.6. The second kappa shape index (κ2) is 21.8. The lowest BCUT2D eigenvalue weighted by molar-refractivity contribution is -0.874. The minimum atomic E-state index is -2.21. The number of aliphatic hydroxyl groups is 3. The zero-order valence-electron chi connectivity index (χ0n) is 40.6. The summed E-state index contributed by atoms with van der Waals surface area (Å²) in [7, 11) is 4.28. The van der Waals surface area contributed by atoms with Crippen LogP contribution in [0.25, 0.3) is 0 Å². The molecule has 1 aromatic rings. The molecule has 0 radical (unpaired) electrons. The SMILES string of the molecule is CC[C@H]1OC(=O)[C@H](C)[C@@H](O[C@H]2C[C@@](C)(OC)[C@@H](OC(=O)OCc3ccccc3)[C@H](C)O2)[C@H](C)[C@@H](O[C@@H]2O[C@H](C)C[C@H]([N+](C)(C)[O-])[C@H]2OC(C)=O)[C@](C)(O)C[C@@H](C)[C@H](O)[C@H](C)C(=O)[C@]1(C)O. The van der Waals surface area contributed by atoms with Gasteiger partial charge in [-0.25, -0.2) is 4.79 Å². The first kappa shape index (κ1) is 54.3. The highest BCUT2D eigenvalue weighted by Gasteiger charge is 2.55. The maximum Gasteiger partial charge on any atom is 0.509 e. The highest BCUT2D eigenvalue weighted by atomic mass is 16.8. The van der Waals surface area contributed by atoms with Gasteiger partial charge in [-0.1, -0.05) is 58.0 Å². The predicted octanol–water partition coefficient (Wildman–Crippen LogP) is 4.73. The van der Waals surface area contributed by atoms with Crippen LogP contribution < -0.4 is 0 Å². The van der Waals surface area contributed by atoms with E-state index >= 15 is 0 Å². The summed E-state index contributed by atoms with van der Waals surface area (Å²) in [5, 5.41) is 49.6. The molecule has 3 aliphatic rings. The van der Waals surface area contributed by atoms with E-state index in [1.165, 1.54) is 55.8 Å². The van der Waals surface area contributed by atoms with Crippen LogP contribution in [-0.4, -0.2) is 149 Å². The molecule has 18 heteroatoms. The number of carbonyl (C=O) groups excluding carboxylic acids is 4. The number of likely N-dealkylation sites (N-methyl/N-ethyl adjacent to an activating group) is 1. The number of carbonyl (C=O) groups is 4. The Morgan fingerprint density at radius 1 is 0.892 bits per heavy atom. The Morgan fingerprint density at radius 3 is 2.09 bits per heavy atom. The van der Waals surface area contributed by atoms with Crippen molar-refractivity contribution < 1.29 is 81.8 Å². The van der Waals surface area contributed by atoms with Gasteiger partial charge in [0.2, 0.25) is 12.4 Å². The molecule has 4 rings (SSSR count). The molecular weight excluding hydrogens is 851 g/mol. The Kier molecular flexibility index (Phi) is 18.2. The summed E-state index contributed by atoms with van der Waals surface area (Å²) in [6.45, 7) is 17.0. The first-order valence-corrected chi connectivity index (χ1v) is 22.7. The summed E-state index contributed by atoms with van der Waals surface area (Å²) >= 11 is 0. The van der Waals surface area contributed by atoms with Crippen LogP contribution in [0, 0.1) is 28.9 Å². The lowest BCUT2D eigenvalue weighted by Gasteiger charge is -2.52. The van der Waals surface area contributed by atoms with Gasteiger partial charge in [-0.2, -0.15) is 0 Å². The molecular formula is C47H75NO17. The number of hydroxylamine groups is 3. The molecule has 0 amide bonds. The monoisotopic (exact) mass is 926 g/mol. The van der Waals surface area contributed by atoms with E-state index in [0.29, 0.717) is 0 Å². The summed E-state index contributed by atoms with van der Waals surface area (Å²) in [4.78, 5) is 54.0. The molecule has 3 N–H and O–H groups in total. The number of benzene rings is 1. The van der Waals surface area contributed by atoms with E-state index in [9.17, 15) is 39.7 Å². The average Bonchev–Trinajstić information content (AvgIpc) is 3.22. The number of quaternary nitrogens is 1. The Morgan fingerprint density at radius 2 is 1.52 bits per heavy atom. The molecule has 0 unspecified atom stereocenters. The van der Waals surface area contributed by atoms with Crippen LogP contribution in [0.15, 0.2) is 30.3 Å². The number of rotatable bonds is 11.